The zero-order valence-corrected chi connectivity index (χ0v) is 18.6. The third-order valence-corrected chi connectivity index (χ3v) is 6.51. The lowest BCUT2D eigenvalue weighted by atomic mass is 9.78. The molecular formula is C21H32Cl2N4O2. The summed E-state index contributed by atoms with van der Waals surface area (Å²) in [6, 6.07) is 10.4. The molecule has 3 heterocycles. The van der Waals surface area contributed by atoms with Crippen LogP contribution in [0.4, 0.5) is 0 Å². The highest BCUT2D eigenvalue weighted by atomic mass is 35.5. The molecule has 3 saturated heterocycles. The maximum Gasteiger partial charge on any atom is 0.242 e. The van der Waals surface area contributed by atoms with Crippen LogP contribution in [-0.4, -0.2) is 79.4 Å². The summed E-state index contributed by atoms with van der Waals surface area (Å²) in [6.07, 6.45) is 2.73. The second-order valence-corrected chi connectivity index (χ2v) is 8.49. The molecule has 3 fully saturated rings. The number of benzene rings is 1. The van der Waals surface area contributed by atoms with Crippen LogP contribution in [0.5, 0.6) is 0 Å². The predicted molar refractivity (Wildman–Crippen MR) is 119 cm³/mol. The van der Waals surface area contributed by atoms with E-state index in [1.54, 1.807) is 0 Å². The van der Waals surface area contributed by atoms with Crippen LogP contribution in [0.25, 0.3) is 0 Å². The Kier molecular flexibility index (Phi) is 8.35. The minimum Gasteiger partial charge on any atom is -0.338 e. The van der Waals surface area contributed by atoms with E-state index in [9.17, 15) is 9.59 Å². The van der Waals surface area contributed by atoms with Gasteiger partial charge in [-0.2, -0.15) is 0 Å². The Bertz CT molecular complexity index is 695. The van der Waals surface area contributed by atoms with Crippen LogP contribution in [0.1, 0.15) is 30.9 Å². The van der Waals surface area contributed by atoms with Crippen molar-refractivity contribution in [3.8, 4) is 0 Å². The van der Waals surface area contributed by atoms with Crippen molar-refractivity contribution in [1.29, 1.82) is 0 Å². The molecule has 2 amide bonds. The summed E-state index contributed by atoms with van der Waals surface area (Å²) in [6.45, 7) is 5.24. The highest BCUT2D eigenvalue weighted by Crippen LogP contribution is 2.40. The molecule has 1 atom stereocenters. The molecule has 1 spiro atoms. The highest BCUT2D eigenvalue weighted by Gasteiger charge is 2.45. The van der Waals surface area contributed by atoms with Crippen LogP contribution >= 0.6 is 24.8 Å². The third kappa shape index (κ3) is 5.43. The number of halogens is 2. The molecule has 0 saturated carbocycles. The van der Waals surface area contributed by atoms with Gasteiger partial charge in [-0.3, -0.25) is 9.59 Å². The van der Waals surface area contributed by atoms with Crippen molar-refractivity contribution in [1.82, 2.24) is 20.0 Å². The van der Waals surface area contributed by atoms with Crippen LogP contribution in [0.15, 0.2) is 30.3 Å². The molecule has 1 N–H and O–H groups in total. The minimum absolute atomic E-state index is 0. The lowest BCUT2D eigenvalue weighted by molar-refractivity contribution is -0.139. The summed E-state index contributed by atoms with van der Waals surface area (Å²) in [5, 5.41) is 3.49. The highest BCUT2D eigenvalue weighted by molar-refractivity contribution is 5.86. The first-order valence-corrected chi connectivity index (χ1v) is 10.1. The Morgan fingerprint density at radius 2 is 1.83 bits per heavy atom. The molecule has 1 unspecified atom stereocenters. The fourth-order valence-corrected chi connectivity index (χ4v) is 4.70. The molecule has 0 aliphatic carbocycles. The first kappa shape index (κ1) is 23.9. The van der Waals surface area contributed by atoms with E-state index in [-0.39, 0.29) is 54.6 Å². The van der Waals surface area contributed by atoms with E-state index in [1.807, 2.05) is 28.0 Å². The number of amides is 2. The Morgan fingerprint density at radius 3 is 2.52 bits per heavy atom. The number of piperazine rings is 1. The van der Waals surface area contributed by atoms with Crippen molar-refractivity contribution in [2.24, 2.45) is 5.41 Å². The number of carbonyl (C=O) groups excluding carboxylic acids is 2. The van der Waals surface area contributed by atoms with Gasteiger partial charge in [0.1, 0.15) is 0 Å². The normalized spacial score (nSPS) is 24.2. The van der Waals surface area contributed by atoms with Gasteiger partial charge in [-0.25, -0.2) is 0 Å². The average molecular weight is 443 g/mol. The average Bonchev–Trinajstić information content (AvgIpc) is 3.00. The SMILES string of the molecule is CN1CCC2(CC1)CC(=O)N(CC(=O)N1CCNC(c3ccccc3)C1)C2.Cl.Cl. The van der Waals surface area contributed by atoms with Crippen molar-refractivity contribution >= 4 is 36.6 Å². The smallest absolute Gasteiger partial charge is 0.242 e. The van der Waals surface area contributed by atoms with Gasteiger partial charge in [0.15, 0.2) is 0 Å². The van der Waals surface area contributed by atoms with Crippen LogP contribution in [-0.2, 0) is 9.59 Å². The molecule has 29 heavy (non-hydrogen) atoms. The monoisotopic (exact) mass is 442 g/mol. The zero-order chi connectivity index (χ0) is 18.9. The molecule has 0 bridgehead atoms. The van der Waals surface area contributed by atoms with Gasteiger partial charge in [-0.05, 0) is 44.0 Å². The number of piperidine rings is 1. The number of nitrogens with one attached hydrogen (secondary N) is 1. The second kappa shape index (κ2) is 10.1. The van der Waals surface area contributed by atoms with E-state index in [4.69, 9.17) is 0 Å². The third-order valence-electron chi connectivity index (χ3n) is 6.51. The molecule has 162 valence electrons. The predicted octanol–water partition coefficient (Wildman–Crippen LogP) is 1.95. The lowest BCUT2D eigenvalue weighted by Gasteiger charge is -2.37. The Morgan fingerprint density at radius 1 is 1.14 bits per heavy atom. The number of rotatable bonds is 3. The van der Waals surface area contributed by atoms with Crippen LogP contribution < -0.4 is 5.32 Å². The van der Waals surface area contributed by atoms with Crippen molar-refractivity contribution in [2.75, 3.05) is 52.9 Å². The van der Waals surface area contributed by atoms with Crippen LogP contribution in [0, 0.1) is 5.41 Å². The summed E-state index contributed by atoms with van der Waals surface area (Å²) < 4.78 is 0. The molecule has 6 nitrogen and oxygen atoms in total. The zero-order valence-electron chi connectivity index (χ0n) is 17.0. The fourth-order valence-electron chi connectivity index (χ4n) is 4.70. The summed E-state index contributed by atoms with van der Waals surface area (Å²) >= 11 is 0. The lowest BCUT2D eigenvalue weighted by Crippen LogP contribution is -2.51. The summed E-state index contributed by atoms with van der Waals surface area (Å²) in [5.41, 5.74) is 1.30. The van der Waals surface area contributed by atoms with E-state index < -0.39 is 0 Å². The number of likely N-dealkylation sites (tertiary alicyclic amines) is 2. The summed E-state index contributed by atoms with van der Waals surface area (Å²) in [5.74, 6) is 0.235. The van der Waals surface area contributed by atoms with Crippen molar-refractivity contribution in [2.45, 2.75) is 25.3 Å². The van der Waals surface area contributed by atoms with Crippen molar-refractivity contribution < 1.29 is 9.59 Å². The topological polar surface area (TPSA) is 55.9 Å². The summed E-state index contributed by atoms with van der Waals surface area (Å²) in [7, 11) is 2.14. The van der Waals surface area contributed by atoms with Crippen molar-refractivity contribution in [3.63, 3.8) is 0 Å². The van der Waals surface area contributed by atoms with E-state index in [0.717, 1.165) is 39.0 Å². The quantitative estimate of drug-likeness (QED) is 0.776. The van der Waals surface area contributed by atoms with Gasteiger partial charge >= 0.3 is 0 Å². The fraction of sp³-hybridized carbons (Fsp3) is 0.619. The standard InChI is InChI=1S/C21H30N4O2.2ClH/c1-23-10-7-21(8-11-23)13-19(26)25(16-21)15-20(27)24-12-9-22-18(14-24)17-5-3-2-4-6-17;;/h2-6,18,22H,7-16H2,1H3;2*1H. The number of hydrogen-bond acceptors (Lipinski definition) is 4. The number of nitrogens with zero attached hydrogens (tertiary/aromatic N) is 3. The van der Waals surface area contributed by atoms with Gasteiger partial charge in [0.05, 0.1) is 6.54 Å². The molecule has 0 radical (unpaired) electrons. The van der Waals surface area contributed by atoms with Gasteiger partial charge < -0.3 is 20.0 Å². The molecule has 8 heteroatoms. The summed E-state index contributed by atoms with van der Waals surface area (Å²) in [4.78, 5) is 31.5. The number of hydrogen-bond donors (Lipinski definition) is 1. The van der Waals surface area contributed by atoms with Crippen LogP contribution in [0.2, 0.25) is 0 Å². The molecule has 1 aromatic carbocycles. The molecule has 0 aromatic heterocycles. The molecular weight excluding hydrogens is 411 g/mol. The first-order chi connectivity index (χ1) is 13.0. The van der Waals surface area contributed by atoms with E-state index >= 15 is 0 Å². The van der Waals surface area contributed by atoms with E-state index in [2.05, 4.69) is 29.4 Å². The Labute approximate surface area is 185 Å². The number of carbonyl (C=O) groups is 2. The first-order valence-electron chi connectivity index (χ1n) is 10.1. The maximum atomic E-state index is 12.9. The molecule has 1 aromatic rings. The largest absolute Gasteiger partial charge is 0.338 e. The molecule has 3 aliphatic heterocycles. The molecule has 4 rings (SSSR count). The molecule has 3 aliphatic rings. The Hall–Kier alpha value is -1.34. The van der Waals surface area contributed by atoms with E-state index in [1.165, 1.54) is 5.56 Å². The minimum atomic E-state index is 0. The van der Waals surface area contributed by atoms with Gasteiger partial charge in [-0.1, -0.05) is 30.3 Å². The Balaban J connectivity index is 0.00000150. The second-order valence-electron chi connectivity index (χ2n) is 8.49. The van der Waals surface area contributed by atoms with Crippen molar-refractivity contribution in [3.05, 3.63) is 35.9 Å². The van der Waals surface area contributed by atoms with Gasteiger partial charge in [0, 0.05) is 38.6 Å². The van der Waals surface area contributed by atoms with Gasteiger partial charge in [-0.15, -0.1) is 24.8 Å². The maximum absolute atomic E-state index is 12.9. The van der Waals surface area contributed by atoms with E-state index in [0.29, 0.717) is 19.5 Å². The van der Waals surface area contributed by atoms with Gasteiger partial charge in [0.25, 0.3) is 0 Å². The van der Waals surface area contributed by atoms with Gasteiger partial charge in [0.2, 0.25) is 11.8 Å². The van der Waals surface area contributed by atoms with Crippen LogP contribution in [0.3, 0.4) is 0 Å².